The predicted octanol–water partition coefficient (Wildman–Crippen LogP) is 1.63. The lowest BCUT2D eigenvalue weighted by Gasteiger charge is -2.30. The van der Waals surface area contributed by atoms with Gasteiger partial charge in [-0.15, -0.1) is 11.6 Å². The maximum Gasteiger partial charge on any atom is 0.187 e. The van der Waals surface area contributed by atoms with Crippen LogP contribution < -0.4 is 9.80 Å². The Balaban J connectivity index is 1.80. The van der Waals surface area contributed by atoms with Gasteiger partial charge in [-0.2, -0.15) is 0 Å². The molecule has 3 rings (SSSR count). The van der Waals surface area contributed by atoms with Crippen LogP contribution in [0.3, 0.4) is 0 Å². The number of hydrogen-bond donors (Lipinski definition) is 0. The average Bonchev–Trinajstić information content (AvgIpc) is 2.99. The standard InChI is InChI=1S/C15H18ClFN2O3/c16-8-12-9-19(15(10-20)22-12)11-1-2-14(13(17)7-11)18-3-5-21-6-4-18/h1-2,7,10,12,15H,3-6,8-9H2/t12-,15?/m0/s1. The molecule has 0 radical (unpaired) electrons. The number of ether oxygens (including phenoxy) is 2. The molecule has 2 atom stereocenters. The fourth-order valence-electron chi connectivity index (χ4n) is 2.82. The number of hydrogen-bond acceptors (Lipinski definition) is 5. The van der Waals surface area contributed by atoms with Gasteiger partial charge in [0.2, 0.25) is 0 Å². The molecule has 1 unspecified atom stereocenters. The van der Waals surface area contributed by atoms with Crippen molar-refractivity contribution in [2.24, 2.45) is 0 Å². The smallest absolute Gasteiger partial charge is 0.187 e. The Bertz CT molecular complexity index is 540. The topological polar surface area (TPSA) is 42.0 Å². The summed E-state index contributed by atoms with van der Waals surface area (Å²) in [6.45, 7) is 3.03. The van der Waals surface area contributed by atoms with E-state index in [0.29, 0.717) is 56.4 Å². The molecule has 2 saturated heterocycles. The Morgan fingerprint density at radius 3 is 2.77 bits per heavy atom. The number of morpholine rings is 1. The summed E-state index contributed by atoms with van der Waals surface area (Å²) in [6, 6.07) is 5.00. The van der Waals surface area contributed by atoms with Crippen LogP contribution in [0.2, 0.25) is 0 Å². The number of carbonyl (C=O) groups is 1. The summed E-state index contributed by atoms with van der Waals surface area (Å²) in [5, 5.41) is 0. The van der Waals surface area contributed by atoms with Gasteiger partial charge in [0, 0.05) is 25.3 Å². The molecule has 120 valence electrons. The second-order valence-corrected chi connectivity index (χ2v) is 5.64. The number of rotatable bonds is 4. The largest absolute Gasteiger partial charge is 0.378 e. The number of aldehydes is 1. The van der Waals surface area contributed by atoms with Crippen molar-refractivity contribution in [3.05, 3.63) is 24.0 Å². The Morgan fingerprint density at radius 2 is 2.14 bits per heavy atom. The monoisotopic (exact) mass is 328 g/mol. The van der Waals surface area contributed by atoms with Crippen LogP contribution in [0.25, 0.3) is 0 Å². The zero-order valence-corrected chi connectivity index (χ0v) is 12.8. The molecule has 2 aliphatic heterocycles. The van der Waals surface area contributed by atoms with Gasteiger partial charge in [-0.25, -0.2) is 4.39 Å². The highest BCUT2D eigenvalue weighted by Gasteiger charge is 2.32. The van der Waals surface area contributed by atoms with Crippen LogP contribution in [0.1, 0.15) is 0 Å². The number of nitrogens with zero attached hydrogens (tertiary/aromatic N) is 2. The van der Waals surface area contributed by atoms with E-state index in [0.717, 1.165) is 0 Å². The minimum Gasteiger partial charge on any atom is -0.378 e. The van der Waals surface area contributed by atoms with Crippen molar-refractivity contribution in [1.29, 1.82) is 0 Å². The first kappa shape index (κ1) is 15.5. The van der Waals surface area contributed by atoms with E-state index in [4.69, 9.17) is 21.1 Å². The van der Waals surface area contributed by atoms with Crippen molar-refractivity contribution in [2.45, 2.75) is 12.3 Å². The van der Waals surface area contributed by atoms with Crippen LogP contribution >= 0.6 is 11.6 Å². The maximum absolute atomic E-state index is 14.4. The zero-order chi connectivity index (χ0) is 15.5. The lowest BCUT2D eigenvalue weighted by Crippen LogP contribution is -2.37. The quantitative estimate of drug-likeness (QED) is 0.621. The van der Waals surface area contributed by atoms with Gasteiger partial charge in [0.15, 0.2) is 12.5 Å². The van der Waals surface area contributed by atoms with Crippen molar-refractivity contribution in [3.8, 4) is 0 Å². The number of alkyl halides is 1. The normalized spacial score (nSPS) is 25.5. The number of carbonyl (C=O) groups excluding carboxylic acids is 1. The summed E-state index contributed by atoms with van der Waals surface area (Å²) in [7, 11) is 0. The maximum atomic E-state index is 14.4. The second kappa shape index (κ2) is 6.81. The molecule has 2 heterocycles. The van der Waals surface area contributed by atoms with Gasteiger partial charge in [0.1, 0.15) is 5.82 Å². The van der Waals surface area contributed by atoms with Crippen molar-refractivity contribution in [3.63, 3.8) is 0 Å². The first-order chi connectivity index (χ1) is 10.7. The highest BCUT2D eigenvalue weighted by atomic mass is 35.5. The molecule has 2 fully saturated rings. The van der Waals surface area contributed by atoms with Gasteiger partial charge in [0.05, 0.1) is 30.9 Å². The predicted molar refractivity (Wildman–Crippen MR) is 82.2 cm³/mol. The first-order valence-corrected chi connectivity index (χ1v) is 7.82. The molecule has 2 aliphatic rings. The molecule has 1 aromatic carbocycles. The molecule has 0 aliphatic carbocycles. The van der Waals surface area contributed by atoms with Crippen molar-refractivity contribution in [1.82, 2.24) is 0 Å². The lowest BCUT2D eigenvalue weighted by molar-refractivity contribution is -0.116. The Morgan fingerprint density at radius 1 is 1.36 bits per heavy atom. The summed E-state index contributed by atoms with van der Waals surface area (Å²) in [6.07, 6.45) is -0.225. The van der Waals surface area contributed by atoms with Gasteiger partial charge in [-0.3, -0.25) is 4.79 Å². The van der Waals surface area contributed by atoms with Crippen LogP contribution in [0.5, 0.6) is 0 Å². The highest BCUT2D eigenvalue weighted by Crippen LogP contribution is 2.29. The van der Waals surface area contributed by atoms with Crippen LogP contribution in [0.15, 0.2) is 18.2 Å². The Kier molecular flexibility index (Phi) is 4.81. The molecule has 0 N–H and O–H groups in total. The molecule has 1 aromatic rings. The minimum atomic E-state index is -0.711. The van der Waals surface area contributed by atoms with E-state index in [1.807, 2.05) is 11.0 Å². The second-order valence-electron chi connectivity index (χ2n) is 5.33. The SMILES string of the molecule is O=CC1O[C@@H](CCl)CN1c1ccc(N2CCOCC2)c(F)c1. The summed E-state index contributed by atoms with van der Waals surface area (Å²) < 4.78 is 25.2. The van der Waals surface area contributed by atoms with Gasteiger partial charge < -0.3 is 19.3 Å². The molecule has 7 heteroatoms. The first-order valence-electron chi connectivity index (χ1n) is 7.28. The van der Waals surface area contributed by atoms with E-state index in [1.54, 1.807) is 11.0 Å². The average molecular weight is 329 g/mol. The van der Waals surface area contributed by atoms with Gasteiger partial charge in [0.25, 0.3) is 0 Å². The summed E-state index contributed by atoms with van der Waals surface area (Å²) in [5.74, 6) is -0.00629. The van der Waals surface area contributed by atoms with E-state index in [1.165, 1.54) is 6.07 Å². The fourth-order valence-corrected chi connectivity index (χ4v) is 2.99. The van der Waals surface area contributed by atoms with Crippen LogP contribution in [0.4, 0.5) is 15.8 Å². The van der Waals surface area contributed by atoms with Gasteiger partial charge in [-0.1, -0.05) is 0 Å². The Labute approximate surface area is 133 Å². The molecule has 0 amide bonds. The van der Waals surface area contributed by atoms with Crippen molar-refractivity contribution in [2.75, 3.05) is 48.5 Å². The van der Waals surface area contributed by atoms with E-state index >= 15 is 0 Å². The fraction of sp³-hybridized carbons (Fsp3) is 0.533. The molecule has 0 saturated carbocycles. The third-order valence-corrected chi connectivity index (χ3v) is 4.29. The minimum absolute atomic E-state index is 0.223. The van der Waals surface area contributed by atoms with Crippen LogP contribution in [-0.2, 0) is 14.3 Å². The lowest BCUT2D eigenvalue weighted by atomic mass is 10.2. The third kappa shape index (κ3) is 3.04. The van der Waals surface area contributed by atoms with Crippen molar-refractivity contribution >= 4 is 29.3 Å². The molecule has 0 bridgehead atoms. The van der Waals surface area contributed by atoms with Gasteiger partial charge >= 0.3 is 0 Å². The molecular formula is C15H18ClFN2O3. The van der Waals surface area contributed by atoms with Gasteiger partial charge in [-0.05, 0) is 18.2 Å². The molecule has 22 heavy (non-hydrogen) atoms. The summed E-state index contributed by atoms with van der Waals surface area (Å²) >= 11 is 5.78. The number of anilines is 2. The van der Waals surface area contributed by atoms with E-state index in [9.17, 15) is 9.18 Å². The van der Waals surface area contributed by atoms with Crippen LogP contribution in [0, 0.1) is 5.82 Å². The van der Waals surface area contributed by atoms with Crippen LogP contribution in [-0.4, -0.2) is 57.3 Å². The van der Waals surface area contributed by atoms with E-state index < -0.39 is 6.23 Å². The summed E-state index contributed by atoms with van der Waals surface area (Å²) in [4.78, 5) is 14.8. The molecule has 5 nitrogen and oxygen atoms in total. The molecule has 0 spiro atoms. The van der Waals surface area contributed by atoms with Crippen molar-refractivity contribution < 1.29 is 18.7 Å². The number of halogens is 2. The van der Waals surface area contributed by atoms with E-state index in [2.05, 4.69) is 0 Å². The number of benzene rings is 1. The van der Waals surface area contributed by atoms with E-state index in [-0.39, 0.29) is 11.9 Å². The zero-order valence-electron chi connectivity index (χ0n) is 12.1. The molecule has 0 aromatic heterocycles. The highest BCUT2D eigenvalue weighted by molar-refractivity contribution is 6.18. The summed E-state index contributed by atoms with van der Waals surface area (Å²) in [5.41, 5.74) is 1.18. The molecular weight excluding hydrogens is 311 g/mol. The third-order valence-electron chi connectivity index (χ3n) is 3.94. The Hall–Kier alpha value is -1.37.